The summed E-state index contributed by atoms with van der Waals surface area (Å²) in [7, 11) is 0. The van der Waals surface area contributed by atoms with E-state index in [4.69, 9.17) is 10.5 Å². The van der Waals surface area contributed by atoms with Crippen LogP contribution >= 0.6 is 11.3 Å². The fourth-order valence-electron chi connectivity index (χ4n) is 5.28. The third kappa shape index (κ3) is 10.1. The van der Waals surface area contributed by atoms with Crippen molar-refractivity contribution in [3.63, 3.8) is 0 Å². The molecule has 1 fully saturated rings. The topological polar surface area (TPSA) is 136 Å². The summed E-state index contributed by atoms with van der Waals surface area (Å²) in [4.78, 5) is 44.8. The third-order valence-corrected chi connectivity index (χ3v) is 8.63. The van der Waals surface area contributed by atoms with Crippen LogP contribution in [0.5, 0.6) is 0 Å². The van der Waals surface area contributed by atoms with Gasteiger partial charge in [-0.15, -0.1) is 0 Å². The smallest absolute Gasteiger partial charge is 0.411 e. The second kappa shape index (κ2) is 16.2. The summed E-state index contributed by atoms with van der Waals surface area (Å²) in [5.41, 5.74) is 9.16. The lowest BCUT2D eigenvalue weighted by Gasteiger charge is -2.22. The average molecular weight is 594 g/mol. The molecular weight excluding hydrogens is 550 g/mol. The van der Waals surface area contributed by atoms with Gasteiger partial charge in [-0.1, -0.05) is 62.3 Å². The SMILES string of the molecule is Cc1ncc(-c2ccc3nc(NC(=O)CCCCCCCCCCC(N)=O)sc3c2)cc1NC(=O)OC1CCCCC1. The number of anilines is 2. The number of hydrogen-bond donors (Lipinski definition) is 3. The van der Waals surface area contributed by atoms with Gasteiger partial charge in [-0.2, -0.15) is 0 Å². The first kappa shape index (κ1) is 31.4. The lowest BCUT2D eigenvalue weighted by Crippen LogP contribution is -2.24. The Hall–Kier alpha value is -3.53. The quantitative estimate of drug-likeness (QED) is 0.153. The second-order valence-corrected chi connectivity index (χ2v) is 12.2. The van der Waals surface area contributed by atoms with Crippen molar-refractivity contribution in [2.75, 3.05) is 10.6 Å². The van der Waals surface area contributed by atoms with Crippen LogP contribution in [-0.2, 0) is 14.3 Å². The minimum Gasteiger partial charge on any atom is -0.446 e. The molecule has 1 aliphatic carbocycles. The molecule has 0 saturated heterocycles. The first-order valence-electron chi connectivity index (χ1n) is 15.3. The van der Waals surface area contributed by atoms with Gasteiger partial charge in [0.1, 0.15) is 6.10 Å². The van der Waals surface area contributed by atoms with Crippen LogP contribution in [-0.4, -0.2) is 34.0 Å². The van der Waals surface area contributed by atoms with Gasteiger partial charge >= 0.3 is 6.09 Å². The van der Waals surface area contributed by atoms with Gasteiger partial charge in [0.05, 0.1) is 21.6 Å². The summed E-state index contributed by atoms with van der Waals surface area (Å²) >= 11 is 1.45. The molecular formula is C32H43N5O4S. The molecule has 2 heterocycles. The van der Waals surface area contributed by atoms with Crippen molar-refractivity contribution in [1.29, 1.82) is 0 Å². The number of nitrogens with zero attached hydrogens (tertiary/aromatic N) is 2. The number of nitrogens with two attached hydrogens (primary N) is 1. The summed E-state index contributed by atoms with van der Waals surface area (Å²) in [6, 6.07) is 7.86. The van der Waals surface area contributed by atoms with Crippen LogP contribution in [0.2, 0.25) is 0 Å². The van der Waals surface area contributed by atoms with E-state index in [1.54, 1.807) is 6.20 Å². The van der Waals surface area contributed by atoms with E-state index >= 15 is 0 Å². The number of unbranched alkanes of at least 4 members (excludes halogenated alkanes) is 7. The molecule has 0 spiro atoms. The maximum atomic E-state index is 12.5. The summed E-state index contributed by atoms with van der Waals surface area (Å²) in [5.74, 6) is -0.236. The van der Waals surface area contributed by atoms with Crippen molar-refractivity contribution in [3.8, 4) is 11.1 Å². The summed E-state index contributed by atoms with van der Waals surface area (Å²) in [6.07, 6.45) is 15.9. The van der Waals surface area contributed by atoms with Crippen molar-refractivity contribution < 1.29 is 19.1 Å². The molecule has 1 saturated carbocycles. The van der Waals surface area contributed by atoms with E-state index in [0.29, 0.717) is 23.7 Å². The molecule has 2 aromatic heterocycles. The van der Waals surface area contributed by atoms with Crippen LogP contribution in [0.4, 0.5) is 15.6 Å². The maximum absolute atomic E-state index is 12.5. The van der Waals surface area contributed by atoms with Crippen molar-refractivity contribution >= 4 is 50.3 Å². The number of carbonyl (C=O) groups is 3. The fourth-order valence-corrected chi connectivity index (χ4v) is 6.20. The molecule has 3 aromatic rings. The normalized spacial score (nSPS) is 13.6. The fraction of sp³-hybridized carbons (Fsp3) is 0.531. The highest BCUT2D eigenvalue weighted by molar-refractivity contribution is 7.22. The van der Waals surface area contributed by atoms with Gasteiger partial charge in [-0.25, -0.2) is 9.78 Å². The second-order valence-electron chi connectivity index (χ2n) is 11.2. The first-order valence-corrected chi connectivity index (χ1v) is 16.1. The van der Waals surface area contributed by atoms with Crippen molar-refractivity contribution in [1.82, 2.24) is 9.97 Å². The number of aryl methyl sites for hydroxylation is 1. The van der Waals surface area contributed by atoms with E-state index in [1.165, 1.54) is 17.8 Å². The molecule has 226 valence electrons. The summed E-state index contributed by atoms with van der Waals surface area (Å²) in [5, 5.41) is 6.43. The lowest BCUT2D eigenvalue weighted by atomic mass is 9.98. The van der Waals surface area contributed by atoms with Crippen LogP contribution in [0.1, 0.15) is 102 Å². The van der Waals surface area contributed by atoms with Crippen molar-refractivity contribution in [3.05, 3.63) is 36.2 Å². The van der Waals surface area contributed by atoms with Crippen LogP contribution in [0.15, 0.2) is 30.5 Å². The number of amides is 3. The van der Waals surface area contributed by atoms with Gasteiger partial charge < -0.3 is 15.8 Å². The molecule has 10 heteroatoms. The van der Waals surface area contributed by atoms with E-state index in [-0.39, 0.29) is 17.9 Å². The van der Waals surface area contributed by atoms with E-state index in [2.05, 4.69) is 20.6 Å². The van der Waals surface area contributed by atoms with E-state index < -0.39 is 6.09 Å². The van der Waals surface area contributed by atoms with Crippen molar-refractivity contribution in [2.45, 2.75) is 109 Å². The summed E-state index contributed by atoms with van der Waals surface area (Å²) < 4.78 is 6.58. The monoisotopic (exact) mass is 593 g/mol. The Balaban J connectivity index is 1.23. The number of rotatable bonds is 15. The highest BCUT2D eigenvalue weighted by atomic mass is 32.1. The zero-order valence-electron chi connectivity index (χ0n) is 24.6. The Morgan fingerprint density at radius 3 is 2.31 bits per heavy atom. The number of primary amides is 1. The van der Waals surface area contributed by atoms with E-state index in [9.17, 15) is 14.4 Å². The number of aromatic nitrogens is 2. The highest BCUT2D eigenvalue weighted by Gasteiger charge is 2.18. The standard InChI is InChI=1S/C32H43N5O4S/c1-22-27(36-32(40)41-25-13-9-8-10-14-25)19-24(21-34-22)23-17-18-26-28(20-23)42-31(35-26)37-30(39)16-12-7-5-3-2-4-6-11-15-29(33)38/h17-21,25H,2-16H2,1H3,(H2,33,38)(H,36,40)(H,35,37,39). The highest BCUT2D eigenvalue weighted by Crippen LogP contribution is 2.32. The van der Waals surface area contributed by atoms with Crippen molar-refractivity contribution in [2.24, 2.45) is 5.73 Å². The number of hydrogen-bond acceptors (Lipinski definition) is 7. The molecule has 3 amide bonds. The zero-order valence-corrected chi connectivity index (χ0v) is 25.4. The molecule has 1 aromatic carbocycles. The number of pyridine rings is 1. The van der Waals surface area contributed by atoms with E-state index in [1.807, 2.05) is 31.2 Å². The molecule has 0 atom stereocenters. The number of carbonyl (C=O) groups excluding carboxylic acids is 3. The van der Waals surface area contributed by atoms with Gasteiger partial charge in [0.15, 0.2) is 5.13 Å². The van der Waals surface area contributed by atoms with Gasteiger partial charge in [0.25, 0.3) is 0 Å². The van der Waals surface area contributed by atoms with Gasteiger partial charge in [-0.05, 0) is 69.2 Å². The Morgan fingerprint density at radius 2 is 1.60 bits per heavy atom. The number of nitrogens with one attached hydrogen (secondary N) is 2. The number of benzene rings is 1. The maximum Gasteiger partial charge on any atom is 0.411 e. The number of thiazole rings is 1. The predicted octanol–water partition coefficient (Wildman–Crippen LogP) is 7.87. The first-order chi connectivity index (χ1) is 20.4. The van der Waals surface area contributed by atoms with Gasteiger partial charge in [0, 0.05) is 24.6 Å². The van der Waals surface area contributed by atoms with Crippen LogP contribution < -0.4 is 16.4 Å². The molecule has 0 radical (unpaired) electrons. The zero-order chi connectivity index (χ0) is 29.7. The minimum absolute atomic E-state index is 0.0130. The molecule has 42 heavy (non-hydrogen) atoms. The Kier molecular flexibility index (Phi) is 12.1. The van der Waals surface area contributed by atoms with Gasteiger partial charge in [0.2, 0.25) is 11.8 Å². The summed E-state index contributed by atoms with van der Waals surface area (Å²) in [6.45, 7) is 1.86. The molecule has 4 rings (SSSR count). The minimum atomic E-state index is -0.434. The molecule has 0 unspecified atom stereocenters. The van der Waals surface area contributed by atoms with Crippen LogP contribution in [0.25, 0.3) is 21.3 Å². The number of ether oxygens (including phenoxy) is 1. The molecule has 0 bridgehead atoms. The van der Waals surface area contributed by atoms with Gasteiger partial charge in [-0.3, -0.25) is 19.9 Å². The average Bonchev–Trinajstić information content (AvgIpc) is 3.37. The van der Waals surface area contributed by atoms with Crippen LogP contribution in [0, 0.1) is 6.92 Å². The Bertz CT molecular complexity index is 1350. The largest absolute Gasteiger partial charge is 0.446 e. The lowest BCUT2D eigenvalue weighted by molar-refractivity contribution is -0.118. The van der Waals surface area contributed by atoms with Crippen LogP contribution in [0.3, 0.4) is 0 Å². The Labute approximate surface area is 252 Å². The molecule has 9 nitrogen and oxygen atoms in total. The molecule has 4 N–H and O–H groups in total. The van der Waals surface area contributed by atoms with E-state index in [0.717, 1.165) is 104 Å². The third-order valence-electron chi connectivity index (χ3n) is 7.69. The number of fused-ring (bicyclic) bond motifs is 1. The Morgan fingerprint density at radius 1 is 0.905 bits per heavy atom. The predicted molar refractivity (Wildman–Crippen MR) is 169 cm³/mol. The molecule has 0 aliphatic heterocycles. The molecule has 1 aliphatic rings.